The Bertz CT molecular complexity index is 377. The molecule has 0 spiro atoms. The van der Waals surface area contributed by atoms with E-state index in [2.05, 4.69) is 26.1 Å². The molecule has 0 heterocycles. The summed E-state index contributed by atoms with van der Waals surface area (Å²) < 4.78 is 14.2. The number of nitrogens with one attached hydrogen (secondary N) is 1. The van der Waals surface area contributed by atoms with Gasteiger partial charge in [-0.05, 0) is 30.5 Å². The monoisotopic (exact) mass is 285 g/mol. The smallest absolute Gasteiger partial charge is 0.145 e. The number of rotatable bonds is 8. The van der Waals surface area contributed by atoms with Gasteiger partial charge in [0.15, 0.2) is 0 Å². The lowest BCUT2D eigenvalue weighted by Crippen LogP contribution is -2.27. The van der Waals surface area contributed by atoms with E-state index in [4.69, 9.17) is 11.6 Å². The predicted octanol–water partition coefficient (Wildman–Crippen LogP) is 5.00. The van der Waals surface area contributed by atoms with E-state index in [1.54, 1.807) is 6.07 Å². The minimum atomic E-state index is -0.251. The molecule has 1 unspecified atom stereocenters. The molecule has 0 saturated heterocycles. The zero-order valence-electron chi connectivity index (χ0n) is 12.2. The van der Waals surface area contributed by atoms with Gasteiger partial charge in [0.05, 0.1) is 5.02 Å². The molecule has 1 atom stereocenters. The molecule has 3 heteroatoms. The molecular weight excluding hydrogens is 261 g/mol. The van der Waals surface area contributed by atoms with Crippen LogP contribution in [0.1, 0.15) is 51.5 Å². The van der Waals surface area contributed by atoms with Gasteiger partial charge >= 0.3 is 0 Å². The molecular formula is C16H25ClFN. The number of halogens is 2. The molecule has 0 aliphatic heterocycles. The first-order valence-electron chi connectivity index (χ1n) is 7.30. The van der Waals surface area contributed by atoms with E-state index in [1.807, 2.05) is 12.1 Å². The molecule has 1 N–H and O–H groups in total. The lowest BCUT2D eigenvalue weighted by molar-refractivity contribution is 0.370. The Labute approximate surface area is 121 Å². The lowest BCUT2D eigenvalue weighted by Gasteiger charge is -2.27. The molecule has 0 bridgehead atoms. The van der Waals surface area contributed by atoms with Crippen LogP contribution in [0.25, 0.3) is 0 Å². The fourth-order valence-corrected chi connectivity index (χ4v) is 2.81. The van der Waals surface area contributed by atoms with Crippen LogP contribution < -0.4 is 5.32 Å². The van der Waals surface area contributed by atoms with Crippen molar-refractivity contribution in [2.45, 2.75) is 46.0 Å². The molecule has 0 saturated carbocycles. The van der Waals surface area contributed by atoms with Crippen molar-refractivity contribution in [3.63, 3.8) is 0 Å². The average molecular weight is 286 g/mol. The first kappa shape index (κ1) is 16.5. The van der Waals surface area contributed by atoms with Crippen molar-refractivity contribution in [3.8, 4) is 0 Å². The second-order valence-electron chi connectivity index (χ2n) is 5.03. The van der Waals surface area contributed by atoms with Crippen molar-refractivity contribution < 1.29 is 4.39 Å². The molecule has 1 nitrogen and oxygen atoms in total. The van der Waals surface area contributed by atoms with Gasteiger partial charge in [-0.3, -0.25) is 0 Å². The highest BCUT2D eigenvalue weighted by atomic mass is 35.5. The van der Waals surface area contributed by atoms with E-state index >= 15 is 0 Å². The molecule has 0 fully saturated rings. The molecule has 0 aromatic heterocycles. The third-order valence-electron chi connectivity index (χ3n) is 3.79. The molecule has 108 valence electrons. The van der Waals surface area contributed by atoms with Crippen LogP contribution in [0.4, 0.5) is 4.39 Å². The summed E-state index contributed by atoms with van der Waals surface area (Å²) in [6.07, 6.45) is 3.20. The maximum atomic E-state index is 14.2. The van der Waals surface area contributed by atoms with E-state index in [0.29, 0.717) is 5.92 Å². The van der Waals surface area contributed by atoms with Crippen LogP contribution in [0.2, 0.25) is 5.02 Å². The van der Waals surface area contributed by atoms with Crippen molar-refractivity contribution in [2.24, 2.45) is 5.92 Å². The molecule has 0 aliphatic rings. The Morgan fingerprint density at radius 1 is 1.21 bits per heavy atom. The SMILES string of the molecule is CCCNCC(c1cccc(Cl)c1F)C(CC)CC. The quantitative estimate of drug-likeness (QED) is 0.663. The zero-order valence-corrected chi connectivity index (χ0v) is 12.9. The van der Waals surface area contributed by atoms with Crippen molar-refractivity contribution in [1.29, 1.82) is 0 Å². The van der Waals surface area contributed by atoms with E-state index < -0.39 is 0 Å². The van der Waals surface area contributed by atoms with Gasteiger partial charge in [0.2, 0.25) is 0 Å². The summed E-state index contributed by atoms with van der Waals surface area (Å²) in [5.41, 5.74) is 0.754. The minimum Gasteiger partial charge on any atom is -0.316 e. The summed E-state index contributed by atoms with van der Waals surface area (Å²) in [5.74, 6) is 0.428. The topological polar surface area (TPSA) is 12.0 Å². The van der Waals surface area contributed by atoms with Crippen molar-refractivity contribution in [2.75, 3.05) is 13.1 Å². The van der Waals surface area contributed by atoms with Gasteiger partial charge in [-0.15, -0.1) is 0 Å². The van der Waals surface area contributed by atoms with Crippen LogP contribution in [0.5, 0.6) is 0 Å². The highest BCUT2D eigenvalue weighted by Gasteiger charge is 2.23. The van der Waals surface area contributed by atoms with E-state index in [9.17, 15) is 4.39 Å². The number of hydrogen-bond acceptors (Lipinski definition) is 1. The summed E-state index contributed by atoms with van der Waals surface area (Å²) >= 11 is 5.91. The average Bonchev–Trinajstić information content (AvgIpc) is 2.42. The van der Waals surface area contributed by atoms with Crippen molar-refractivity contribution >= 4 is 11.6 Å². The van der Waals surface area contributed by atoms with E-state index in [0.717, 1.165) is 37.9 Å². The number of benzene rings is 1. The Morgan fingerprint density at radius 2 is 1.89 bits per heavy atom. The van der Waals surface area contributed by atoms with Crippen molar-refractivity contribution in [1.82, 2.24) is 5.32 Å². The maximum Gasteiger partial charge on any atom is 0.145 e. The molecule has 1 aromatic carbocycles. The molecule has 0 amide bonds. The van der Waals surface area contributed by atoms with Gasteiger partial charge in [0, 0.05) is 12.5 Å². The van der Waals surface area contributed by atoms with Crippen LogP contribution in [-0.2, 0) is 0 Å². The lowest BCUT2D eigenvalue weighted by atomic mass is 9.82. The van der Waals surface area contributed by atoms with Gasteiger partial charge in [-0.2, -0.15) is 0 Å². The third-order valence-corrected chi connectivity index (χ3v) is 4.08. The Kier molecular flexibility index (Phi) is 7.40. The first-order valence-corrected chi connectivity index (χ1v) is 7.68. The Hall–Kier alpha value is -0.600. The summed E-state index contributed by atoms with van der Waals surface area (Å²) in [5, 5.41) is 3.65. The first-order chi connectivity index (χ1) is 9.15. The van der Waals surface area contributed by atoms with Crippen molar-refractivity contribution in [3.05, 3.63) is 34.6 Å². The second-order valence-corrected chi connectivity index (χ2v) is 5.44. The fourth-order valence-electron chi connectivity index (χ4n) is 2.63. The van der Waals surface area contributed by atoms with Gasteiger partial charge in [-0.25, -0.2) is 4.39 Å². The van der Waals surface area contributed by atoms with Crippen LogP contribution in [0.3, 0.4) is 0 Å². The van der Waals surface area contributed by atoms with E-state index in [-0.39, 0.29) is 16.8 Å². The van der Waals surface area contributed by atoms with Gasteiger partial charge in [0.25, 0.3) is 0 Å². The van der Waals surface area contributed by atoms with Gasteiger partial charge < -0.3 is 5.32 Å². The predicted molar refractivity (Wildman–Crippen MR) is 81.4 cm³/mol. The van der Waals surface area contributed by atoms with E-state index in [1.165, 1.54) is 0 Å². The summed E-state index contributed by atoms with van der Waals surface area (Å²) in [4.78, 5) is 0. The minimum absolute atomic E-state index is 0.195. The largest absolute Gasteiger partial charge is 0.316 e. The molecule has 19 heavy (non-hydrogen) atoms. The van der Waals surface area contributed by atoms with Crippen LogP contribution in [0, 0.1) is 11.7 Å². The standard InChI is InChI=1S/C16H25ClFN/c1-4-10-19-11-14(12(5-2)6-3)13-8-7-9-15(17)16(13)18/h7-9,12,14,19H,4-6,10-11H2,1-3H3. The summed E-state index contributed by atoms with van der Waals surface area (Å²) in [6.45, 7) is 8.27. The zero-order chi connectivity index (χ0) is 14.3. The molecule has 0 radical (unpaired) electrons. The Balaban J connectivity index is 2.97. The Morgan fingerprint density at radius 3 is 2.47 bits per heavy atom. The normalized spacial score (nSPS) is 12.9. The van der Waals surface area contributed by atoms with Crippen LogP contribution >= 0.6 is 11.6 Å². The highest BCUT2D eigenvalue weighted by Crippen LogP contribution is 2.33. The fraction of sp³-hybridized carbons (Fsp3) is 0.625. The summed E-state index contributed by atoms with van der Waals surface area (Å²) in [6, 6.07) is 5.33. The van der Waals surface area contributed by atoms with Crippen LogP contribution in [-0.4, -0.2) is 13.1 Å². The second kappa shape index (κ2) is 8.55. The molecule has 1 rings (SSSR count). The van der Waals surface area contributed by atoms with Gasteiger partial charge in [-0.1, -0.05) is 57.3 Å². The molecule has 0 aliphatic carbocycles. The maximum absolute atomic E-state index is 14.2. The van der Waals surface area contributed by atoms with Crippen LogP contribution in [0.15, 0.2) is 18.2 Å². The highest BCUT2D eigenvalue weighted by molar-refractivity contribution is 6.30. The summed E-state index contributed by atoms with van der Waals surface area (Å²) in [7, 11) is 0. The van der Waals surface area contributed by atoms with Gasteiger partial charge in [0.1, 0.15) is 5.82 Å². The molecule has 1 aromatic rings. The number of hydrogen-bond donors (Lipinski definition) is 1. The third kappa shape index (κ3) is 4.47.